The number of alkyl halides is 4. The normalized spacial score (nSPS) is 23.5. The van der Waals surface area contributed by atoms with E-state index in [1.54, 1.807) is 19.9 Å². The molecule has 2 unspecified atom stereocenters. The molecule has 166 valence electrons. The highest BCUT2D eigenvalue weighted by atomic mass is 32.2. The SMILES string of the molecule is CC(C)(CF)c1cc(C2CC(C)(S(=O)(=O)c3cccc(C(F)(F)F)c3)CCO2)[nH]n1. The van der Waals surface area contributed by atoms with Crippen molar-refractivity contribution in [3.63, 3.8) is 0 Å². The van der Waals surface area contributed by atoms with Crippen LogP contribution < -0.4 is 0 Å². The molecule has 1 aromatic carbocycles. The Morgan fingerprint density at radius 2 is 1.97 bits per heavy atom. The molecule has 10 heteroatoms. The Morgan fingerprint density at radius 1 is 1.27 bits per heavy atom. The summed E-state index contributed by atoms with van der Waals surface area (Å²) in [5.41, 5.74) is -0.827. The van der Waals surface area contributed by atoms with Gasteiger partial charge in [-0.05, 0) is 44.0 Å². The van der Waals surface area contributed by atoms with E-state index in [0.29, 0.717) is 17.5 Å². The van der Waals surface area contributed by atoms with Crippen LogP contribution >= 0.6 is 0 Å². The lowest BCUT2D eigenvalue weighted by molar-refractivity contribution is -0.137. The van der Waals surface area contributed by atoms with E-state index in [-0.39, 0.29) is 24.3 Å². The maximum atomic E-state index is 13.3. The van der Waals surface area contributed by atoms with Gasteiger partial charge in [-0.2, -0.15) is 18.3 Å². The largest absolute Gasteiger partial charge is 0.416 e. The fourth-order valence-corrected chi connectivity index (χ4v) is 5.29. The van der Waals surface area contributed by atoms with Crippen LogP contribution in [0.4, 0.5) is 17.6 Å². The lowest BCUT2D eigenvalue weighted by atomic mass is 9.90. The van der Waals surface area contributed by atoms with Gasteiger partial charge in [0.1, 0.15) is 12.8 Å². The molecule has 0 aliphatic carbocycles. The molecule has 30 heavy (non-hydrogen) atoms. The third-order valence-electron chi connectivity index (χ3n) is 5.66. The molecule has 1 aliphatic rings. The predicted octanol–water partition coefficient (Wildman–Crippen LogP) is 4.76. The zero-order chi connectivity index (χ0) is 22.4. The number of halogens is 4. The number of ether oxygens (including phenoxy) is 1. The van der Waals surface area contributed by atoms with Gasteiger partial charge in [0, 0.05) is 12.0 Å². The Bertz CT molecular complexity index is 1020. The summed E-state index contributed by atoms with van der Waals surface area (Å²) in [6, 6.07) is 5.43. The fourth-order valence-electron chi connectivity index (χ4n) is 3.45. The summed E-state index contributed by atoms with van der Waals surface area (Å²) in [6.07, 6.45) is -5.12. The summed E-state index contributed by atoms with van der Waals surface area (Å²) in [5, 5.41) is 6.91. The van der Waals surface area contributed by atoms with Gasteiger partial charge in [-0.15, -0.1) is 0 Å². The number of H-pyrrole nitrogens is 1. The standard InChI is InChI=1S/C20H24F4N2O3S/c1-18(2,12-21)17-10-15(25-26-17)16-11-19(3,7-8-29-16)30(27,28)14-6-4-5-13(9-14)20(22,23)24/h4-6,9-10,16H,7-8,11-12H2,1-3H3,(H,25,26). The number of aromatic amines is 1. The molecular formula is C20H24F4N2O3S. The first-order valence-electron chi connectivity index (χ1n) is 9.45. The van der Waals surface area contributed by atoms with Gasteiger partial charge in [0.2, 0.25) is 0 Å². The van der Waals surface area contributed by atoms with Crippen LogP contribution in [-0.2, 0) is 26.2 Å². The number of benzene rings is 1. The lowest BCUT2D eigenvalue weighted by Gasteiger charge is -2.37. The molecule has 1 N–H and O–H groups in total. The predicted molar refractivity (Wildman–Crippen MR) is 103 cm³/mol. The van der Waals surface area contributed by atoms with E-state index in [1.165, 1.54) is 13.0 Å². The van der Waals surface area contributed by atoms with E-state index >= 15 is 0 Å². The average Bonchev–Trinajstić information content (AvgIpc) is 3.18. The van der Waals surface area contributed by atoms with Gasteiger partial charge in [-0.25, -0.2) is 8.42 Å². The molecule has 2 atom stereocenters. The molecule has 5 nitrogen and oxygen atoms in total. The average molecular weight is 448 g/mol. The van der Waals surface area contributed by atoms with E-state index in [2.05, 4.69) is 10.2 Å². The maximum absolute atomic E-state index is 13.3. The lowest BCUT2D eigenvalue weighted by Crippen LogP contribution is -2.42. The topological polar surface area (TPSA) is 72.1 Å². The number of rotatable bonds is 5. The summed E-state index contributed by atoms with van der Waals surface area (Å²) in [7, 11) is -4.09. The first-order valence-corrected chi connectivity index (χ1v) is 10.9. The third kappa shape index (κ3) is 4.12. The minimum Gasteiger partial charge on any atom is -0.372 e. The van der Waals surface area contributed by atoms with Crippen molar-refractivity contribution in [1.82, 2.24) is 10.2 Å². The molecule has 3 rings (SSSR count). The van der Waals surface area contributed by atoms with Gasteiger partial charge in [-0.3, -0.25) is 9.49 Å². The van der Waals surface area contributed by atoms with Gasteiger partial charge in [-0.1, -0.05) is 19.9 Å². The first kappa shape index (κ1) is 22.7. The highest BCUT2D eigenvalue weighted by Gasteiger charge is 2.46. The second kappa shape index (κ2) is 7.64. The Hall–Kier alpha value is -1.94. The van der Waals surface area contributed by atoms with Crippen molar-refractivity contribution in [2.24, 2.45) is 0 Å². The van der Waals surface area contributed by atoms with E-state index in [1.807, 2.05) is 0 Å². The molecule has 1 aliphatic heterocycles. The van der Waals surface area contributed by atoms with E-state index in [4.69, 9.17) is 4.74 Å². The molecule has 2 aromatic rings. The van der Waals surface area contributed by atoms with Gasteiger partial charge in [0.15, 0.2) is 9.84 Å². The second-order valence-electron chi connectivity index (χ2n) is 8.52. The molecule has 2 heterocycles. The van der Waals surface area contributed by atoms with Gasteiger partial charge >= 0.3 is 6.18 Å². The molecule has 0 spiro atoms. The number of nitrogens with one attached hydrogen (secondary N) is 1. The van der Waals surface area contributed by atoms with Gasteiger partial charge in [0.25, 0.3) is 0 Å². The molecule has 0 saturated carbocycles. The van der Waals surface area contributed by atoms with E-state index < -0.39 is 44.5 Å². The Kier molecular flexibility index (Phi) is 5.79. The van der Waals surface area contributed by atoms with Gasteiger partial charge in [0.05, 0.1) is 26.6 Å². The maximum Gasteiger partial charge on any atom is 0.416 e. The minimum atomic E-state index is -4.64. The molecule has 0 amide bonds. The Labute approximate surface area is 172 Å². The summed E-state index contributed by atoms with van der Waals surface area (Å²) >= 11 is 0. The van der Waals surface area contributed by atoms with Crippen LogP contribution in [0.25, 0.3) is 0 Å². The molecule has 1 saturated heterocycles. The van der Waals surface area contributed by atoms with Crippen LogP contribution in [0.3, 0.4) is 0 Å². The number of hydrogen-bond donors (Lipinski definition) is 1. The van der Waals surface area contributed by atoms with Crippen LogP contribution in [-0.4, -0.2) is 36.6 Å². The Balaban J connectivity index is 1.91. The summed E-state index contributed by atoms with van der Waals surface area (Å²) in [5.74, 6) is 0. The third-order valence-corrected chi connectivity index (χ3v) is 8.20. The molecule has 0 bridgehead atoms. The highest BCUT2D eigenvalue weighted by molar-refractivity contribution is 7.92. The van der Waals surface area contributed by atoms with Crippen molar-refractivity contribution in [2.75, 3.05) is 13.3 Å². The smallest absolute Gasteiger partial charge is 0.372 e. The van der Waals surface area contributed by atoms with Crippen LogP contribution in [0.15, 0.2) is 35.2 Å². The Morgan fingerprint density at radius 3 is 2.60 bits per heavy atom. The monoisotopic (exact) mass is 448 g/mol. The zero-order valence-electron chi connectivity index (χ0n) is 16.9. The number of aromatic nitrogens is 2. The van der Waals surface area contributed by atoms with Crippen molar-refractivity contribution in [1.29, 1.82) is 0 Å². The van der Waals surface area contributed by atoms with Crippen LogP contribution in [0.2, 0.25) is 0 Å². The number of sulfone groups is 1. The van der Waals surface area contributed by atoms with Crippen molar-refractivity contribution < 1.29 is 30.7 Å². The first-order chi connectivity index (χ1) is 13.8. The van der Waals surface area contributed by atoms with Gasteiger partial charge < -0.3 is 4.74 Å². The molecular weight excluding hydrogens is 424 g/mol. The van der Waals surface area contributed by atoms with Crippen LogP contribution in [0.1, 0.15) is 56.7 Å². The minimum absolute atomic E-state index is 0.0310. The molecule has 1 fully saturated rings. The quantitative estimate of drug-likeness (QED) is 0.670. The van der Waals surface area contributed by atoms with Crippen LogP contribution in [0, 0.1) is 0 Å². The summed E-state index contributed by atoms with van der Waals surface area (Å²) < 4.78 is 83.3. The summed E-state index contributed by atoms with van der Waals surface area (Å²) in [4.78, 5) is -0.371. The molecule has 0 radical (unpaired) electrons. The summed E-state index contributed by atoms with van der Waals surface area (Å²) in [6.45, 7) is 4.39. The number of nitrogens with zero attached hydrogens (tertiary/aromatic N) is 1. The van der Waals surface area contributed by atoms with Crippen molar-refractivity contribution in [2.45, 2.75) is 61.0 Å². The number of hydrogen-bond acceptors (Lipinski definition) is 4. The second-order valence-corrected chi connectivity index (χ2v) is 11.0. The van der Waals surface area contributed by atoms with E-state index in [0.717, 1.165) is 12.1 Å². The molecule has 1 aromatic heterocycles. The highest BCUT2D eigenvalue weighted by Crippen LogP contribution is 2.42. The van der Waals surface area contributed by atoms with Crippen molar-refractivity contribution in [3.8, 4) is 0 Å². The van der Waals surface area contributed by atoms with E-state index in [9.17, 15) is 26.0 Å². The van der Waals surface area contributed by atoms with Crippen molar-refractivity contribution >= 4 is 9.84 Å². The zero-order valence-corrected chi connectivity index (χ0v) is 17.7. The van der Waals surface area contributed by atoms with Crippen LogP contribution in [0.5, 0.6) is 0 Å². The fraction of sp³-hybridized carbons (Fsp3) is 0.550. The van der Waals surface area contributed by atoms with Crippen molar-refractivity contribution in [3.05, 3.63) is 47.3 Å².